The maximum absolute atomic E-state index is 13.2. The Morgan fingerprint density at radius 3 is 1.41 bits per heavy atom. The zero-order chi connectivity index (χ0) is 41.4. The van der Waals surface area contributed by atoms with Gasteiger partial charge in [0.2, 0.25) is 11.8 Å². The van der Waals surface area contributed by atoms with Crippen molar-refractivity contribution in [3.05, 3.63) is 83.7 Å². The Labute approximate surface area is 327 Å². The summed E-state index contributed by atoms with van der Waals surface area (Å²) in [5, 5.41) is 25.6. The first-order chi connectivity index (χ1) is 27.8. The Morgan fingerprint density at radius 2 is 1.07 bits per heavy atom. The fraction of sp³-hybridized carbons (Fsp3) is 0.250. The van der Waals surface area contributed by atoms with E-state index >= 15 is 0 Å². The first kappa shape index (κ1) is 38.9. The van der Waals surface area contributed by atoms with Crippen LogP contribution in [-0.4, -0.2) is 41.7 Å². The molecule has 14 nitrogen and oxygen atoms in total. The summed E-state index contributed by atoms with van der Waals surface area (Å²) in [5.74, 6) is -0.627. The molecule has 2 aliphatic carbocycles. The normalized spacial score (nSPS) is 17.9. The molecule has 0 radical (unpaired) electrons. The summed E-state index contributed by atoms with van der Waals surface area (Å²) in [7, 11) is 0. The number of alkyl halides is 4. The van der Waals surface area contributed by atoms with Gasteiger partial charge in [-0.3, -0.25) is 19.6 Å². The topological polar surface area (TPSA) is 235 Å². The molecule has 292 valence electrons. The van der Waals surface area contributed by atoms with E-state index in [1.807, 2.05) is 0 Å². The molecule has 4 atom stereocenters. The highest BCUT2D eigenvalue weighted by Crippen LogP contribution is 2.40. The standard InChI is InChI=1S/2C20H16F2N6O/c2*1-9-13(6-25-7-14(9)18(21)22)16-3-10-4-17(26-8-15(10)19(24)27-16)28-20(29)12-2-11(12)5-23/h2*3-4,6-8,11-12,18H,2H2,1H3,(H2,24,27)(H,26,28,29)/t11-,12?;11-,12+/m01/s1. The number of halogens is 4. The molecule has 0 aromatic carbocycles. The van der Waals surface area contributed by atoms with E-state index in [2.05, 4.69) is 52.7 Å². The van der Waals surface area contributed by atoms with Gasteiger partial charge in [-0.25, -0.2) is 37.5 Å². The molecule has 8 rings (SSSR count). The van der Waals surface area contributed by atoms with Gasteiger partial charge in [-0.2, -0.15) is 10.5 Å². The number of pyridine rings is 6. The van der Waals surface area contributed by atoms with Crippen LogP contribution in [0, 0.1) is 60.2 Å². The number of hydrogen-bond donors (Lipinski definition) is 4. The molecule has 2 aliphatic rings. The summed E-state index contributed by atoms with van der Waals surface area (Å²) < 4.78 is 52.8. The van der Waals surface area contributed by atoms with Crippen molar-refractivity contribution in [1.29, 1.82) is 10.5 Å². The highest BCUT2D eigenvalue weighted by atomic mass is 19.3. The summed E-state index contributed by atoms with van der Waals surface area (Å²) >= 11 is 0. The average molecular weight is 789 g/mol. The van der Waals surface area contributed by atoms with E-state index in [4.69, 9.17) is 22.0 Å². The van der Waals surface area contributed by atoms with Crippen LogP contribution in [-0.2, 0) is 9.59 Å². The van der Waals surface area contributed by atoms with Gasteiger partial charge in [-0.15, -0.1) is 0 Å². The number of fused-ring (bicyclic) bond motifs is 2. The van der Waals surface area contributed by atoms with Crippen LogP contribution in [0.15, 0.2) is 61.4 Å². The summed E-state index contributed by atoms with van der Waals surface area (Å²) in [6.45, 7) is 3.17. The number of amides is 2. The second-order valence-corrected chi connectivity index (χ2v) is 13.9. The first-order valence-corrected chi connectivity index (χ1v) is 17.8. The molecule has 6 N–H and O–H groups in total. The third-order valence-electron chi connectivity index (χ3n) is 10.1. The Hall–Kier alpha value is -7.34. The number of nitrogens with zero attached hydrogens (tertiary/aromatic N) is 8. The Balaban J connectivity index is 0.000000177. The number of hydrogen-bond acceptors (Lipinski definition) is 12. The largest absolute Gasteiger partial charge is 0.383 e. The van der Waals surface area contributed by atoms with Crippen molar-refractivity contribution in [2.75, 3.05) is 22.1 Å². The van der Waals surface area contributed by atoms with Crippen LogP contribution in [0.4, 0.5) is 40.8 Å². The van der Waals surface area contributed by atoms with E-state index < -0.39 is 12.9 Å². The number of carbonyl (C=O) groups is 2. The number of carbonyl (C=O) groups excluding carboxylic acids is 2. The molecule has 0 spiro atoms. The lowest BCUT2D eigenvalue weighted by atomic mass is 10.0. The minimum atomic E-state index is -2.65. The van der Waals surface area contributed by atoms with Crippen LogP contribution >= 0.6 is 0 Å². The van der Waals surface area contributed by atoms with Crippen LogP contribution in [0.2, 0.25) is 0 Å². The number of nitriles is 2. The van der Waals surface area contributed by atoms with Crippen LogP contribution in [0.3, 0.4) is 0 Å². The molecular weight excluding hydrogens is 757 g/mol. The van der Waals surface area contributed by atoms with Crippen molar-refractivity contribution in [2.45, 2.75) is 39.5 Å². The molecule has 18 heteroatoms. The highest BCUT2D eigenvalue weighted by Gasteiger charge is 2.44. The summed E-state index contributed by atoms with van der Waals surface area (Å²) in [6, 6.07) is 10.8. The molecule has 0 aliphatic heterocycles. The number of anilines is 4. The fourth-order valence-electron chi connectivity index (χ4n) is 6.49. The zero-order valence-electron chi connectivity index (χ0n) is 30.7. The monoisotopic (exact) mass is 788 g/mol. The Morgan fingerprint density at radius 1 is 0.672 bits per heavy atom. The van der Waals surface area contributed by atoms with Gasteiger partial charge in [0.05, 0.1) is 47.2 Å². The van der Waals surface area contributed by atoms with Crippen molar-refractivity contribution in [1.82, 2.24) is 29.9 Å². The molecule has 6 aromatic heterocycles. The molecule has 2 saturated carbocycles. The first-order valence-electron chi connectivity index (χ1n) is 17.8. The third-order valence-corrected chi connectivity index (χ3v) is 10.1. The predicted octanol–water partition coefficient (Wildman–Crippen LogP) is 7.24. The van der Waals surface area contributed by atoms with Crippen LogP contribution in [0.1, 0.15) is 47.9 Å². The van der Waals surface area contributed by atoms with E-state index in [-0.39, 0.29) is 58.2 Å². The molecule has 0 saturated heterocycles. The van der Waals surface area contributed by atoms with Gasteiger partial charge < -0.3 is 22.1 Å². The molecule has 6 aromatic rings. The van der Waals surface area contributed by atoms with Crippen molar-refractivity contribution in [3.8, 4) is 34.7 Å². The second-order valence-electron chi connectivity index (χ2n) is 13.9. The summed E-state index contributed by atoms with van der Waals surface area (Å²) in [5.41, 5.74) is 14.2. The van der Waals surface area contributed by atoms with E-state index in [1.54, 1.807) is 38.1 Å². The van der Waals surface area contributed by atoms with E-state index in [9.17, 15) is 27.2 Å². The molecular formula is C40H32F4N12O2. The van der Waals surface area contributed by atoms with Gasteiger partial charge in [0.25, 0.3) is 12.9 Å². The molecule has 0 bridgehead atoms. The Kier molecular flexibility index (Phi) is 10.5. The van der Waals surface area contributed by atoms with Gasteiger partial charge in [0.15, 0.2) is 0 Å². The maximum atomic E-state index is 13.2. The van der Waals surface area contributed by atoms with E-state index in [0.717, 1.165) is 12.4 Å². The van der Waals surface area contributed by atoms with Crippen molar-refractivity contribution in [2.24, 2.45) is 23.7 Å². The molecule has 58 heavy (non-hydrogen) atoms. The van der Waals surface area contributed by atoms with Gasteiger partial charge in [-0.05, 0) is 72.9 Å². The van der Waals surface area contributed by atoms with Gasteiger partial charge >= 0.3 is 0 Å². The highest BCUT2D eigenvalue weighted by molar-refractivity contribution is 6.00. The maximum Gasteiger partial charge on any atom is 0.265 e. The summed E-state index contributed by atoms with van der Waals surface area (Å²) in [6.07, 6.45) is 3.99. The number of rotatable bonds is 8. The van der Waals surface area contributed by atoms with Crippen LogP contribution in [0.25, 0.3) is 44.1 Å². The fourth-order valence-corrected chi connectivity index (χ4v) is 6.49. The average Bonchev–Trinajstić information content (AvgIpc) is 4.13. The quantitative estimate of drug-likeness (QED) is 0.112. The number of nitrogens with two attached hydrogens (primary N) is 2. The van der Waals surface area contributed by atoms with E-state index in [0.29, 0.717) is 79.7 Å². The van der Waals surface area contributed by atoms with E-state index in [1.165, 1.54) is 24.8 Å². The van der Waals surface area contributed by atoms with Crippen LogP contribution in [0.5, 0.6) is 0 Å². The Bertz CT molecular complexity index is 2530. The minimum absolute atomic E-state index is 0.165. The van der Waals surface area contributed by atoms with Crippen LogP contribution < -0.4 is 22.1 Å². The molecule has 2 amide bonds. The van der Waals surface area contributed by atoms with Gasteiger partial charge in [-0.1, -0.05) is 0 Å². The lowest BCUT2D eigenvalue weighted by Gasteiger charge is -2.12. The van der Waals surface area contributed by atoms with Gasteiger partial charge in [0, 0.05) is 70.2 Å². The molecule has 2 fully saturated rings. The van der Waals surface area contributed by atoms with Crippen molar-refractivity contribution < 1.29 is 27.2 Å². The molecule has 6 heterocycles. The summed E-state index contributed by atoms with van der Waals surface area (Å²) in [4.78, 5) is 49.1. The second kappa shape index (κ2) is 15.7. The smallest absolute Gasteiger partial charge is 0.265 e. The molecule has 1 unspecified atom stereocenters. The van der Waals surface area contributed by atoms with Gasteiger partial charge in [0.1, 0.15) is 23.3 Å². The van der Waals surface area contributed by atoms with Crippen molar-refractivity contribution >= 4 is 56.6 Å². The SMILES string of the molecule is Cc1c(-c2cc3cc(NC(=O)C4C[C@H]4C#N)ncc3c(N)n2)cncc1C(F)F.Cc1c(-c2cc3cc(NC(=O)[C@H]4C[C@@H]4C#N)ncc3c(N)n2)cncc1C(F)F. The zero-order valence-corrected chi connectivity index (χ0v) is 30.7. The minimum Gasteiger partial charge on any atom is -0.383 e. The third kappa shape index (κ3) is 7.85. The lowest BCUT2D eigenvalue weighted by Crippen LogP contribution is -2.15. The lowest BCUT2D eigenvalue weighted by molar-refractivity contribution is -0.118. The number of nitrogen functional groups attached to an aromatic ring is 2. The predicted molar refractivity (Wildman–Crippen MR) is 205 cm³/mol. The number of nitrogens with one attached hydrogen (secondary N) is 2. The number of aromatic nitrogens is 6. The van der Waals surface area contributed by atoms with Crippen molar-refractivity contribution in [3.63, 3.8) is 0 Å².